The predicted molar refractivity (Wildman–Crippen MR) is 53.3 cm³/mol. The number of aromatic nitrogens is 1. The topological polar surface area (TPSA) is 59.2 Å². The van der Waals surface area contributed by atoms with Gasteiger partial charge in [-0.05, 0) is 25.5 Å². The second kappa shape index (κ2) is 3.53. The molecule has 1 aromatic heterocycles. The monoisotopic (exact) mass is 207 g/mol. The molecular weight excluding hydrogens is 194 g/mol. The summed E-state index contributed by atoms with van der Waals surface area (Å²) in [5.74, 6) is -0.868. The van der Waals surface area contributed by atoms with E-state index in [-0.39, 0.29) is 5.92 Å². The summed E-state index contributed by atoms with van der Waals surface area (Å²) in [6.07, 6.45) is 0.591. The molecule has 4 heteroatoms. The van der Waals surface area contributed by atoms with Gasteiger partial charge in [0, 0.05) is 17.3 Å². The second-order valence-electron chi connectivity index (χ2n) is 3.98. The van der Waals surface area contributed by atoms with E-state index in [9.17, 15) is 9.59 Å². The molecule has 2 heterocycles. The first-order valence-corrected chi connectivity index (χ1v) is 4.96. The molecule has 0 spiro atoms. The van der Waals surface area contributed by atoms with Crippen LogP contribution in [0, 0.1) is 13.8 Å². The molecule has 1 aliphatic heterocycles. The van der Waals surface area contributed by atoms with E-state index in [1.165, 1.54) is 0 Å². The number of aryl methyl sites for hydroxylation is 2. The summed E-state index contributed by atoms with van der Waals surface area (Å²) in [7, 11) is 0. The lowest BCUT2D eigenvalue weighted by molar-refractivity contribution is -0.163. The lowest BCUT2D eigenvalue weighted by atomic mass is 9.91. The molecule has 2 rings (SSSR count). The molecule has 15 heavy (non-hydrogen) atoms. The minimum Gasteiger partial charge on any atom is -0.393 e. The van der Waals surface area contributed by atoms with Crippen LogP contribution >= 0.6 is 0 Å². The fourth-order valence-corrected chi connectivity index (χ4v) is 2.07. The smallest absolute Gasteiger partial charge is 0.314 e. The van der Waals surface area contributed by atoms with E-state index >= 15 is 0 Å². The van der Waals surface area contributed by atoms with E-state index in [4.69, 9.17) is 0 Å². The highest BCUT2D eigenvalue weighted by molar-refractivity contribution is 5.89. The van der Waals surface area contributed by atoms with Crippen LogP contribution in [0.1, 0.15) is 35.7 Å². The van der Waals surface area contributed by atoms with Crippen molar-refractivity contribution in [3.05, 3.63) is 23.0 Å². The summed E-state index contributed by atoms with van der Waals surface area (Å²) >= 11 is 0. The number of hydrogen-bond acceptors (Lipinski definition) is 3. The quantitative estimate of drug-likeness (QED) is 0.561. The summed E-state index contributed by atoms with van der Waals surface area (Å²) in [5.41, 5.74) is 3.13. The van der Waals surface area contributed by atoms with Crippen molar-refractivity contribution in [3.8, 4) is 0 Å². The van der Waals surface area contributed by atoms with Gasteiger partial charge in [-0.2, -0.15) is 0 Å². The van der Waals surface area contributed by atoms with Gasteiger partial charge in [-0.3, -0.25) is 9.59 Å². The van der Waals surface area contributed by atoms with Gasteiger partial charge in [0.1, 0.15) is 0 Å². The third-order valence-electron chi connectivity index (χ3n) is 2.68. The summed E-state index contributed by atoms with van der Waals surface area (Å²) in [4.78, 5) is 25.4. The van der Waals surface area contributed by atoms with Crippen LogP contribution in [-0.4, -0.2) is 16.9 Å². The van der Waals surface area contributed by atoms with Gasteiger partial charge in [0.2, 0.25) is 0 Å². The number of cyclic esters (lactones) is 2. The molecule has 0 saturated carbocycles. The number of nitrogens with one attached hydrogen (secondary N) is 1. The van der Waals surface area contributed by atoms with Crippen LogP contribution in [0.5, 0.6) is 0 Å². The van der Waals surface area contributed by atoms with Gasteiger partial charge in [-0.1, -0.05) is 0 Å². The van der Waals surface area contributed by atoms with Gasteiger partial charge in [0.05, 0.1) is 12.8 Å². The second-order valence-corrected chi connectivity index (χ2v) is 3.98. The molecule has 1 fully saturated rings. The molecule has 0 aliphatic carbocycles. The van der Waals surface area contributed by atoms with E-state index in [0.717, 1.165) is 17.0 Å². The van der Waals surface area contributed by atoms with E-state index in [2.05, 4.69) is 9.72 Å². The predicted octanol–water partition coefficient (Wildman–Crippen LogP) is 1.58. The maximum atomic E-state index is 11.1. The zero-order valence-electron chi connectivity index (χ0n) is 8.79. The van der Waals surface area contributed by atoms with E-state index < -0.39 is 11.9 Å². The Hall–Kier alpha value is -1.58. The Morgan fingerprint density at radius 3 is 2.33 bits per heavy atom. The van der Waals surface area contributed by atoms with Crippen molar-refractivity contribution in [1.82, 2.24) is 4.98 Å². The fourth-order valence-electron chi connectivity index (χ4n) is 2.07. The molecule has 1 saturated heterocycles. The van der Waals surface area contributed by atoms with Gasteiger partial charge >= 0.3 is 11.9 Å². The summed E-state index contributed by atoms with van der Waals surface area (Å²) in [6.45, 7) is 3.91. The van der Waals surface area contributed by atoms with Crippen molar-refractivity contribution in [3.63, 3.8) is 0 Å². The number of hydrogen-bond donors (Lipinski definition) is 1. The van der Waals surface area contributed by atoms with Crippen molar-refractivity contribution < 1.29 is 14.3 Å². The fraction of sp³-hybridized carbons (Fsp3) is 0.455. The standard InChI is InChI=1S/C11H13NO3/c1-6-3-9(7(2)12-6)8-4-10(13)15-11(14)5-8/h3,8,12H,4-5H2,1-2H3. The van der Waals surface area contributed by atoms with Crippen LogP contribution in [0.4, 0.5) is 0 Å². The molecule has 0 aromatic carbocycles. The molecule has 0 atom stereocenters. The third-order valence-corrected chi connectivity index (χ3v) is 2.68. The van der Waals surface area contributed by atoms with Gasteiger partial charge in [-0.25, -0.2) is 0 Å². The molecule has 1 N–H and O–H groups in total. The van der Waals surface area contributed by atoms with E-state index in [0.29, 0.717) is 12.8 Å². The number of H-pyrrole nitrogens is 1. The van der Waals surface area contributed by atoms with Crippen LogP contribution in [-0.2, 0) is 14.3 Å². The number of aromatic amines is 1. The zero-order chi connectivity index (χ0) is 11.0. The molecule has 0 radical (unpaired) electrons. The van der Waals surface area contributed by atoms with Crippen molar-refractivity contribution in [1.29, 1.82) is 0 Å². The molecule has 0 amide bonds. The Morgan fingerprint density at radius 2 is 1.87 bits per heavy atom. The number of carbonyl (C=O) groups is 2. The first-order chi connectivity index (χ1) is 7.06. The third kappa shape index (κ3) is 1.93. The van der Waals surface area contributed by atoms with Gasteiger partial charge in [0.15, 0.2) is 0 Å². The molecule has 0 bridgehead atoms. The molecule has 80 valence electrons. The summed E-state index contributed by atoms with van der Waals surface area (Å²) < 4.78 is 4.50. The molecule has 4 nitrogen and oxygen atoms in total. The lowest BCUT2D eigenvalue weighted by Gasteiger charge is -2.19. The highest BCUT2D eigenvalue weighted by Crippen LogP contribution is 2.30. The Balaban J connectivity index is 2.27. The van der Waals surface area contributed by atoms with Crippen molar-refractivity contribution in [2.24, 2.45) is 0 Å². The van der Waals surface area contributed by atoms with Crippen LogP contribution < -0.4 is 0 Å². The maximum absolute atomic E-state index is 11.1. The number of rotatable bonds is 1. The number of carbonyl (C=O) groups excluding carboxylic acids is 2. The SMILES string of the molecule is Cc1cc(C2CC(=O)OC(=O)C2)c(C)[nH]1. The highest BCUT2D eigenvalue weighted by atomic mass is 16.6. The molecule has 1 aromatic rings. The average molecular weight is 207 g/mol. The normalized spacial score (nSPS) is 18.0. The minimum atomic E-state index is -0.422. The lowest BCUT2D eigenvalue weighted by Crippen LogP contribution is -2.24. The van der Waals surface area contributed by atoms with Crippen LogP contribution in [0.2, 0.25) is 0 Å². The summed E-state index contributed by atoms with van der Waals surface area (Å²) in [5, 5.41) is 0. The summed E-state index contributed by atoms with van der Waals surface area (Å²) in [6, 6.07) is 1.99. The number of ether oxygens (including phenoxy) is 1. The Kier molecular flexibility index (Phi) is 2.34. The maximum Gasteiger partial charge on any atom is 0.314 e. The molecular formula is C11H13NO3. The number of esters is 2. The van der Waals surface area contributed by atoms with Crippen molar-refractivity contribution in [2.45, 2.75) is 32.6 Å². The van der Waals surface area contributed by atoms with Gasteiger partial charge in [-0.15, -0.1) is 0 Å². The van der Waals surface area contributed by atoms with E-state index in [1.54, 1.807) is 0 Å². The Bertz CT molecular complexity index is 403. The van der Waals surface area contributed by atoms with Gasteiger partial charge < -0.3 is 9.72 Å². The van der Waals surface area contributed by atoms with Gasteiger partial charge in [0.25, 0.3) is 0 Å². The minimum absolute atomic E-state index is 0.0244. The van der Waals surface area contributed by atoms with Crippen LogP contribution in [0.25, 0.3) is 0 Å². The Labute approximate surface area is 87.6 Å². The first kappa shape index (κ1) is 9.96. The largest absolute Gasteiger partial charge is 0.393 e. The van der Waals surface area contributed by atoms with Crippen molar-refractivity contribution >= 4 is 11.9 Å². The highest BCUT2D eigenvalue weighted by Gasteiger charge is 2.29. The van der Waals surface area contributed by atoms with Crippen molar-refractivity contribution in [2.75, 3.05) is 0 Å². The zero-order valence-corrected chi connectivity index (χ0v) is 8.79. The van der Waals surface area contributed by atoms with Crippen LogP contribution in [0.3, 0.4) is 0 Å². The average Bonchev–Trinajstić information content (AvgIpc) is 2.43. The van der Waals surface area contributed by atoms with E-state index in [1.807, 2.05) is 19.9 Å². The first-order valence-electron chi connectivity index (χ1n) is 4.96. The molecule has 1 aliphatic rings. The Morgan fingerprint density at radius 1 is 1.27 bits per heavy atom. The molecule has 0 unspecified atom stereocenters. The van der Waals surface area contributed by atoms with Crippen LogP contribution in [0.15, 0.2) is 6.07 Å².